The number of nitrogens with one attached hydrogen (secondary N) is 1. The number of hydrogen-bond donors (Lipinski definition) is 1. The highest BCUT2D eigenvalue weighted by molar-refractivity contribution is 5.44. The van der Waals surface area contributed by atoms with Gasteiger partial charge in [-0.1, -0.05) is 34.6 Å². The maximum absolute atomic E-state index is 4.82. The van der Waals surface area contributed by atoms with Crippen LogP contribution in [0.2, 0.25) is 0 Å². The summed E-state index contributed by atoms with van der Waals surface area (Å²) in [5.41, 5.74) is 2.97. The Morgan fingerprint density at radius 2 is 2.10 bits per heavy atom. The van der Waals surface area contributed by atoms with Crippen LogP contribution in [-0.4, -0.2) is 24.1 Å². The quantitative estimate of drug-likeness (QED) is 0.893. The molecule has 0 atom stereocenters. The maximum atomic E-state index is 4.82. The first kappa shape index (κ1) is 15.3. The Kier molecular flexibility index (Phi) is 4.69. The number of hydrogen-bond acceptors (Lipinski definition) is 3. The van der Waals surface area contributed by atoms with Gasteiger partial charge < -0.3 is 10.2 Å². The Balaban J connectivity index is 2.17. The molecule has 2 heterocycles. The standard InChI is InChI=1S/C17H29N3/c1-6-15-9-14(11-18-13(2)3)10-16(19-15)20-8-7-17(4,5)12-20/h9-10,13,18H,6-8,11-12H2,1-5H3. The zero-order valence-corrected chi connectivity index (χ0v) is 13.7. The van der Waals surface area contributed by atoms with Crippen molar-refractivity contribution in [3.8, 4) is 0 Å². The van der Waals surface area contributed by atoms with Gasteiger partial charge in [-0.05, 0) is 36.0 Å². The molecule has 1 fully saturated rings. The van der Waals surface area contributed by atoms with E-state index in [0.29, 0.717) is 11.5 Å². The van der Waals surface area contributed by atoms with Gasteiger partial charge in [0.05, 0.1) is 0 Å². The highest BCUT2D eigenvalue weighted by Gasteiger charge is 2.30. The van der Waals surface area contributed by atoms with E-state index in [2.05, 4.69) is 57.0 Å². The van der Waals surface area contributed by atoms with Crippen LogP contribution < -0.4 is 10.2 Å². The van der Waals surface area contributed by atoms with Crippen molar-refractivity contribution >= 4 is 5.82 Å². The molecule has 0 aromatic carbocycles. The minimum Gasteiger partial charge on any atom is -0.356 e. The van der Waals surface area contributed by atoms with E-state index in [0.717, 1.165) is 31.9 Å². The molecular weight excluding hydrogens is 246 g/mol. The number of aromatic nitrogens is 1. The summed E-state index contributed by atoms with van der Waals surface area (Å²) in [7, 11) is 0. The summed E-state index contributed by atoms with van der Waals surface area (Å²) in [5, 5.41) is 3.50. The van der Waals surface area contributed by atoms with Crippen molar-refractivity contribution in [1.29, 1.82) is 0 Å². The molecule has 0 amide bonds. The van der Waals surface area contributed by atoms with Crippen LogP contribution in [0.4, 0.5) is 5.82 Å². The number of aryl methyl sites for hydroxylation is 1. The number of nitrogens with zero attached hydrogens (tertiary/aromatic N) is 2. The van der Waals surface area contributed by atoms with E-state index in [1.54, 1.807) is 0 Å². The molecule has 0 aliphatic carbocycles. The van der Waals surface area contributed by atoms with Gasteiger partial charge in [0.25, 0.3) is 0 Å². The van der Waals surface area contributed by atoms with Gasteiger partial charge in [-0.15, -0.1) is 0 Å². The van der Waals surface area contributed by atoms with Crippen LogP contribution in [0.1, 0.15) is 52.3 Å². The topological polar surface area (TPSA) is 28.2 Å². The van der Waals surface area contributed by atoms with E-state index in [4.69, 9.17) is 4.98 Å². The summed E-state index contributed by atoms with van der Waals surface area (Å²) in [5.74, 6) is 1.16. The van der Waals surface area contributed by atoms with E-state index in [-0.39, 0.29) is 0 Å². The van der Waals surface area contributed by atoms with Crippen molar-refractivity contribution in [2.45, 2.75) is 60.0 Å². The van der Waals surface area contributed by atoms with Crippen molar-refractivity contribution in [3.05, 3.63) is 23.4 Å². The first-order valence-electron chi connectivity index (χ1n) is 7.88. The Morgan fingerprint density at radius 3 is 2.65 bits per heavy atom. The summed E-state index contributed by atoms with van der Waals surface area (Å²) in [6.07, 6.45) is 2.25. The number of pyridine rings is 1. The first-order valence-corrected chi connectivity index (χ1v) is 7.88. The molecule has 1 aliphatic rings. The second-order valence-electron chi connectivity index (χ2n) is 7.05. The minimum atomic E-state index is 0.417. The zero-order valence-electron chi connectivity index (χ0n) is 13.7. The molecule has 1 N–H and O–H groups in total. The first-order chi connectivity index (χ1) is 9.39. The average molecular weight is 275 g/mol. The molecule has 0 saturated carbocycles. The number of anilines is 1. The van der Waals surface area contributed by atoms with Crippen molar-refractivity contribution in [2.75, 3.05) is 18.0 Å². The van der Waals surface area contributed by atoms with E-state index in [9.17, 15) is 0 Å². The molecule has 0 bridgehead atoms. The fraction of sp³-hybridized carbons (Fsp3) is 0.706. The molecule has 1 aromatic heterocycles. The van der Waals surface area contributed by atoms with Gasteiger partial charge >= 0.3 is 0 Å². The van der Waals surface area contributed by atoms with E-state index in [1.165, 1.54) is 17.7 Å². The van der Waals surface area contributed by atoms with Crippen LogP contribution in [0.3, 0.4) is 0 Å². The van der Waals surface area contributed by atoms with Gasteiger partial charge in [-0.2, -0.15) is 0 Å². The van der Waals surface area contributed by atoms with Gasteiger partial charge in [0.2, 0.25) is 0 Å². The molecule has 0 unspecified atom stereocenters. The van der Waals surface area contributed by atoms with Crippen molar-refractivity contribution in [1.82, 2.24) is 10.3 Å². The molecule has 1 saturated heterocycles. The minimum absolute atomic E-state index is 0.417. The van der Waals surface area contributed by atoms with Gasteiger partial charge in [-0.3, -0.25) is 0 Å². The maximum Gasteiger partial charge on any atom is 0.129 e. The molecule has 2 rings (SSSR count). The monoisotopic (exact) mass is 275 g/mol. The predicted molar refractivity (Wildman–Crippen MR) is 86.2 cm³/mol. The van der Waals surface area contributed by atoms with Crippen LogP contribution in [0.25, 0.3) is 0 Å². The lowest BCUT2D eigenvalue weighted by atomic mass is 9.93. The summed E-state index contributed by atoms with van der Waals surface area (Å²) in [6, 6.07) is 5.01. The third-order valence-electron chi connectivity index (χ3n) is 4.00. The fourth-order valence-corrected chi connectivity index (χ4v) is 2.71. The molecule has 0 spiro atoms. The zero-order chi connectivity index (χ0) is 14.8. The predicted octanol–water partition coefficient (Wildman–Crippen LogP) is 3.38. The van der Waals surface area contributed by atoms with Crippen LogP contribution in [0.5, 0.6) is 0 Å². The van der Waals surface area contributed by atoms with E-state index < -0.39 is 0 Å². The molecule has 112 valence electrons. The van der Waals surface area contributed by atoms with Crippen LogP contribution in [-0.2, 0) is 13.0 Å². The van der Waals surface area contributed by atoms with Gasteiger partial charge in [0.15, 0.2) is 0 Å². The van der Waals surface area contributed by atoms with Crippen LogP contribution >= 0.6 is 0 Å². The second kappa shape index (κ2) is 6.13. The smallest absolute Gasteiger partial charge is 0.129 e. The molecule has 0 radical (unpaired) electrons. The molecular formula is C17H29N3. The van der Waals surface area contributed by atoms with Crippen LogP contribution in [0.15, 0.2) is 12.1 Å². The SMILES string of the molecule is CCc1cc(CNC(C)C)cc(N2CCC(C)(C)C2)n1. The summed E-state index contributed by atoms with van der Waals surface area (Å²) in [4.78, 5) is 7.27. The molecule has 1 aromatic rings. The third-order valence-corrected chi connectivity index (χ3v) is 4.00. The Hall–Kier alpha value is -1.09. The molecule has 3 heteroatoms. The van der Waals surface area contributed by atoms with Gasteiger partial charge in [-0.25, -0.2) is 4.98 Å². The lowest BCUT2D eigenvalue weighted by Gasteiger charge is -2.22. The lowest BCUT2D eigenvalue weighted by Crippen LogP contribution is -2.25. The van der Waals surface area contributed by atoms with Crippen molar-refractivity contribution < 1.29 is 0 Å². The van der Waals surface area contributed by atoms with Crippen LogP contribution in [0, 0.1) is 5.41 Å². The van der Waals surface area contributed by atoms with Gasteiger partial charge in [0, 0.05) is 31.4 Å². The normalized spacial score (nSPS) is 18.0. The van der Waals surface area contributed by atoms with Crippen molar-refractivity contribution in [2.24, 2.45) is 5.41 Å². The molecule has 1 aliphatic heterocycles. The van der Waals surface area contributed by atoms with Crippen molar-refractivity contribution in [3.63, 3.8) is 0 Å². The average Bonchev–Trinajstić information content (AvgIpc) is 2.76. The summed E-state index contributed by atoms with van der Waals surface area (Å²) >= 11 is 0. The van der Waals surface area contributed by atoms with Gasteiger partial charge in [0.1, 0.15) is 5.82 Å². The lowest BCUT2D eigenvalue weighted by molar-refractivity contribution is 0.418. The Bertz CT molecular complexity index is 452. The number of rotatable bonds is 5. The highest BCUT2D eigenvalue weighted by atomic mass is 15.2. The fourth-order valence-electron chi connectivity index (χ4n) is 2.71. The summed E-state index contributed by atoms with van der Waals surface area (Å²) < 4.78 is 0. The summed E-state index contributed by atoms with van der Waals surface area (Å²) in [6.45, 7) is 14.4. The second-order valence-corrected chi connectivity index (χ2v) is 7.05. The Morgan fingerprint density at radius 1 is 1.35 bits per heavy atom. The van der Waals surface area contributed by atoms with E-state index >= 15 is 0 Å². The molecule has 3 nitrogen and oxygen atoms in total. The largest absolute Gasteiger partial charge is 0.356 e. The Labute approximate surface area is 123 Å². The third kappa shape index (κ3) is 3.95. The highest BCUT2D eigenvalue weighted by Crippen LogP contribution is 2.32. The molecule has 20 heavy (non-hydrogen) atoms. The van der Waals surface area contributed by atoms with E-state index in [1.807, 2.05) is 0 Å².